The van der Waals surface area contributed by atoms with Crippen molar-refractivity contribution in [3.63, 3.8) is 0 Å². The van der Waals surface area contributed by atoms with Crippen LogP contribution in [-0.4, -0.2) is 85.3 Å². The third-order valence-electron chi connectivity index (χ3n) is 5.39. The van der Waals surface area contributed by atoms with Crippen molar-refractivity contribution in [1.29, 1.82) is 0 Å². The fraction of sp³-hybridized carbons (Fsp3) is 0.450. The van der Waals surface area contributed by atoms with Crippen molar-refractivity contribution >= 4 is 35.0 Å². The van der Waals surface area contributed by atoms with Gasteiger partial charge in [-0.15, -0.1) is 0 Å². The Bertz CT molecular complexity index is 915. The maximum atomic E-state index is 12.9. The van der Waals surface area contributed by atoms with Crippen LogP contribution in [0.15, 0.2) is 24.4 Å². The summed E-state index contributed by atoms with van der Waals surface area (Å²) in [5.41, 5.74) is 1.25. The fourth-order valence-electron chi connectivity index (χ4n) is 3.63. The molecule has 160 valence electrons. The van der Waals surface area contributed by atoms with Gasteiger partial charge in [0.2, 0.25) is 5.95 Å². The molecule has 3 heterocycles. The van der Waals surface area contributed by atoms with E-state index in [1.165, 1.54) is 6.20 Å². The lowest BCUT2D eigenvalue weighted by Gasteiger charge is -2.46. The van der Waals surface area contributed by atoms with E-state index in [0.29, 0.717) is 39.8 Å². The van der Waals surface area contributed by atoms with Gasteiger partial charge in [0.1, 0.15) is 16.6 Å². The van der Waals surface area contributed by atoms with E-state index in [2.05, 4.69) is 25.5 Å². The van der Waals surface area contributed by atoms with Crippen molar-refractivity contribution in [2.75, 3.05) is 64.2 Å². The van der Waals surface area contributed by atoms with Gasteiger partial charge in [0.15, 0.2) is 0 Å². The summed E-state index contributed by atoms with van der Waals surface area (Å²) in [6.45, 7) is 4.89. The number of ether oxygens (including phenoxy) is 2. The molecule has 10 heteroatoms. The van der Waals surface area contributed by atoms with Gasteiger partial charge in [-0.2, -0.15) is 4.98 Å². The van der Waals surface area contributed by atoms with Crippen LogP contribution >= 0.6 is 11.6 Å². The first-order valence-corrected chi connectivity index (χ1v) is 10.2. The Hall–Kier alpha value is -2.62. The molecule has 0 radical (unpaired) electrons. The highest BCUT2D eigenvalue weighted by Crippen LogP contribution is 2.30. The molecule has 2 fully saturated rings. The molecular formula is C20H25ClN6O3. The lowest BCUT2D eigenvalue weighted by molar-refractivity contribution is -0.0256. The molecule has 2 aliphatic rings. The minimum Gasteiger partial charge on any atom is -0.495 e. The predicted octanol–water partition coefficient (Wildman–Crippen LogP) is 2.08. The number of carbonyl (C=O) groups is 1. The number of benzene rings is 1. The minimum atomic E-state index is 0.00423. The third kappa shape index (κ3) is 4.28. The van der Waals surface area contributed by atoms with E-state index in [9.17, 15) is 4.79 Å². The Morgan fingerprint density at radius 2 is 2.07 bits per heavy atom. The number of halogens is 1. The fourth-order valence-corrected chi connectivity index (χ4v) is 3.81. The van der Waals surface area contributed by atoms with Crippen LogP contribution in [0.1, 0.15) is 10.4 Å². The molecule has 0 spiro atoms. The summed E-state index contributed by atoms with van der Waals surface area (Å²) in [6.07, 6.45) is 1.52. The van der Waals surface area contributed by atoms with E-state index in [1.54, 1.807) is 32.4 Å². The molecule has 0 atom stereocenters. The first-order chi connectivity index (χ1) is 14.6. The van der Waals surface area contributed by atoms with Crippen molar-refractivity contribution in [3.8, 4) is 5.75 Å². The van der Waals surface area contributed by atoms with Crippen molar-refractivity contribution < 1.29 is 14.3 Å². The normalized spacial score (nSPS) is 17.4. The van der Waals surface area contributed by atoms with Gasteiger partial charge in [-0.05, 0) is 18.2 Å². The van der Waals surface area contributed by atoms with Crippen molar-refractivity contribution in [2.24, 2.45) is 0 Å². The average Bonchev–Trinajstić information content (AvgIpc) is 2.75. The molecule has 2 N–H and O–H groups in total. The zero-order valence-electron chi connectivity index (χ0n) is 17.0. The Morgan fingerprint density at radius 3 is 2.77 bits per heavy atom. The minimum absolute atomic E-state index is 0.00423. The van der Waals surface area contributed by atoms with Crippen molar-refractivity contribution in [2.45, 2.75) is 6.04 Å². The Kier molecular flexibility index (Phi) is 6.21. The van der Waals surface area contributed by atoms with Crippen LogP contribution in [0.2, 0.25) is 5.02 Å². The second kappa shape index (κ2) is 9.03. The summed E-state index contributed by atoms with van der Waals surface area (Å²) in [6, 6.07) is 5.73. The van der Waals surface area contributed by atoms with Crippen LogP contribution in [0, 0.1) is 0 Å². The van der Waals surface area contributed by atoms with E-state index >= 15 is 0 Å². The number of amides is 1. The van der Waals surface area contributed by atoms with Gasteiger partial charge in [-0.1, -0.05) is 11.6 Å². The van der Waals surface area contributed by atoms with Gasteiger partial charge >= 0.3 is 0 Å². The van der Waals surface area contributed by atoms with Crippen molar-refractivity contribution in [3.05, 3.63) is 35.0 Å². The van der Waals surface area contributed by atoms with E-state index in [4.69, 9.17) is 21.1 Å². The molecule has 4 rings (SSSR count). The number of aromatic nitrogens is 2. The largest absolute Gasteiger partial charge is 0.495 e. The number of rotatable bonds is 6. The number of morpholine rings is 1. The molecule has 2 saturated heterocycles. The summed E-state index contributed by atoms with van der Waals surface area (Å²) in [5, 5.41) is 6.45. The molecule has 0 bridgehead atoms. The number of carbonyl (C=O) groups excluding carboxylic acids is 1. The molecule has 2 aromatic rings. The summed E-state index contributed by atoms with van der Waals surface area (Å²) >= 11 is 6.03. The zero-order chi connectivity index (χ0) is 21.1. The van der Waals surface area contributed by atoms with E-state index in [0.717, 1.165) is 39.4 Å². The predicted molar refractivity (Wildman–Crippen MR) is 115 cm³/mol. The molecule has 0 unspecified atom stereocenters. The first-order valence-electron chi connectivity index (χ1n) is 9.85. The number of nitrogens with zero attached hydrogens (tertiary/aromatic N) is 4. The second-order valence-electron chi connectivity index (χ2n) is 7.19. The Morgan fingerprint density at radius 1 is 1.30 bits per heavy atom. The Balaban J connectivity index is 1.42. The van der Waals surface area contributed by atoms with Gasteiger partial charge in [0, 0.05) is 44.8 Å². The number of anilines is 3. The van der Waals surface area contributed by atoms with Gasteiger partial charge in [-0.25, -0.2) is 4.98 Å². The molecule has 9 nitrogen and oxygen atoms in total. The third-order valence-corrected chi connectivity index (χ3v) is 5.66. The number of hydrogen-bond acceptors (Lipinski definition) is 8. The summed E-state index contributed by atoms with van der Waals surface area (Å²) < 4.78 is 10.9. The SMILES string of the molecule is CNc1nc(Nc2ccc(C(=O)N3CC(N4CCOCC4)C3)cc2OC)ncc1Cl. The molecule has 30 heavy (non-hydrogen) atoms. The average molecular weight is 433 g/mol. The molecule has 2 aliphatic heterocycles. The van der Waals surface area contributed by atoms with Gasteiger partial charge in [-0.3, -0.25) is 9.69 Å². The second-order valence-corrected chi connectivity index (χ2v) is 7.60. The van der Waals surface area contributed by atoms with E-state index in [-0.39, 0.29) is 5.91 Å². The van der Waals surface area contributed by atoms with Gasteiger partial charge < -0.3 is 25.0 Å². The smallest absolute Gasteiger partial charge is 0.254 e. The lowest BCUT2D eigenvalue weighted by atomic mass is 10.0. The molecular weight excluding hydrogens is 408 g/mol. The van der Waals surface area contributed by atoms with Crippen LogP contribution in [0.4, 0.5) is 17.5 Å². The summed E-state index contributed by atoms with van der Waals surface area (Å²) in [5.74, 6) is 1.44. The highest BCUT2D eigenvalue weighted by Gasteiger charge is 2.35. The highest BCUT2D eigenvalue weighted by atomic mass is 35.5. The molecule has 1 amide bonds. The highest BCUT2D eigenvalue weighted by molar-refractivity contribution is 6.32. The maximum Gasteiger partial charge on any atom is 0.254 e. The summed E-state index contributed by atoms with van der Waals surface area (Å²) in [7, 11) is 3.30. The number of nitrogens with one attached hydrogen (secondary N) is 2. The van der Waals surface area contributed by atoms with Gasteiger partial charge in [0.25, 0.3) is 5.91 Å². The van der Waals surface area contributed by atoms with Crippen LogP contribution < -0.4 is 15.4 Å². The molecule has 1 aromatic carbocycles. The summed E-state index contributed by atoms with van der Waals surface area (Å²) in [4.78, 5) is 25.6. The van der Waals surface area contributed by atoms with E-state index < -0.39 is 0 Å². The molecule has 1 aromatic heterocycles. The molecule has 0 aliphatic carbocycles. The molecule has 0 saturated carbocycles. The Labute approximate surface area is 180 Å². The lowest BCUT2D eigenvalue weighted by Crippen LogP contribution is -2.62. The van der Waals surface area contributed by atoms with E-state index in [1.807, 2.05) is 4.90 Å². The topological polar surface area (TPSA) is 91.9 Å². The van der Waals surface area contributed by atoms with Crippen LogP contribution in [0.5, 0.6) is 5.75 Å². The first kappa shape index (κ1) is 20.6. The monoisotopic (exact) mass is 432 g/mol. The quantitative estimate of drug-likeness (QED) is 0.716. The number of likely N-dealkylation sites (tertiary alicyclic amines) is 1. The van der Waals surface area contributed by atoms with Gasteiger partial charge in [0.05, 0.1) is 32.2 Å². The number of methoxy groups -OCH3 is 1. The standard InChI is InChI=1S/C20H25ClN6O3/c1-22-18-15(21)10-23-20(25-18)24-16-4-3-13(9-17(16)29-2)19(28)27-11-14(12-27)26-5-7-30-8-6-26/h3-4,9-10,14H,5-8,11-12H2,1-2H3,(H2,22,23,24,25). The van der Waals surface area contributed by atoms with Crippen LogP contribution in [0.25, 0.3) is 0 Å². The van der Waals surface area contributed by atoms with Crippen molar-refractivity contribution in [1.82, 2.24) is 19.8 Å². The number of hydrogen-bond donors (Lipinski definition) is 2. The maximum absolute atomic E-state index is 12.9. The zero-order valence-corrected chi connectivity index (χ0v) is 17.8. The van der Waals surface area contributed by atoms with Crippen LogP contribution in [0.3, 0.4) is 0 Å². The van der Waals surface area contributed by atoms with Crippen LogP contribution in [-0.2, 0) is 4.74 Å².